The summed E-state index contributed by atoms with van der Waals surface area (Å²) in [4.78, 5) is 13.2. The van der Waals surface area contributed by atoms with Gasteiger partial charge in [0.15, 0.2) is 0 Å². The van der Waals surface area contributed by atoms with E-state index in [1.807, 2.05) is 19.1 Å². The standard InChI is InChI=1S/C10H14ClNO/c1-7-6-8(11)4-5-9(7)10(13)12(2)3/h4,6,9H,5H2,1-3H3. The molecule has 1 aliphatic rings. The highest BCUT2D eigenvalue weighted by molar-refractivity contribution is 6.31. The maximum atomic E-state index is 11.6. The number of rotatable bonds is 1. The van der Waals surface area contributed by atoms with Gasteiger partial charge in [-0.15, -0.1) is 0 Å². The van der Waals surface area contributed by atoms with E-state index in [1.54, 1.807) is 19.0 Å². The molecule has 0 aromatic heterocycles. The van der Waals surface area contributed by atoms with Crippen LogP contribution in [0, 0.1) is 5.92 Å². The molecule has 0 saturated heterocycles. The first-order valence-electron chi connectivity index (χ1n) is 4.27. The van der Waals surface area contributed by atoms with E-state index in [9.17, 15) is 4.79 Å². The lowest BCUT2D eigenvalue weighted by Gasteiger charge is -2.22. The van der Waals surface area contributed by atoms with Crippen molar-refractivity contribution in [1.82, 2.24) is 4.90 Å². The third kappa shape index (κ3) is 2.34. The highest BCUT2D eigenvalue weighted by Crippen LogP contribution is 2.26. The zero-order valence-electron chi connectivity index (χ0n) is 8.17. The van der Waals surface area contributed by atoms with Crippen LogP contribution < -0.4 is 0 Å². The first kappa shape index (κ1) is 10.3. The molecule has 0 aromatic rings. The molecule has 0 saturated carbocycles. The summed E-state index contributed by atoms with van der Waals surface area (Å²) in [6, 6.07) is 0. The summed E-state index contributed by atoms with van der Waals surface area (Å²) in [7, 11) is 3.55. The van der Waals surface area contributed by atoms with Gasteiger partial charge in [-0.2, -0.15) is 0 Å². The lowest BCUT2D eigenvalue weighted by molar-refractivity contribution is -0.131. The normalized spacial score (nSPS) is 22.0. The second kappa shape index (κ2) is 3.97. The van der Waals surface area contributed by atoms with Gasteiger partial charge in [0.25, 0.3) is 0 Å². The molecule has 1 rings (SSSR count). The smallest absolute Gasteiger partial charge is 0.229 e. The molecule has 0 heterocycles. The molecule has 1 aliphatic carbocycles. The summed E-state index contributed by atoms with van der Waals surface area (Å²) in [5.74, 6) is 0.131. The van der Waals surface area contributed by atoms with Crippen molar-refractivity contribution in [2.45, 2.75) is 13.3 Å². The third-order valence-corrected chi connectivity index (χ3v) is 2.47. The Kier molecular flexibility index (Phi) is 3.15. The number of allylic oxidation sites excluding steroid dienone is 3. The largest absolute Gasteiger partial charge is 0.348 e. The number of nitrogens with zero attached hydrogens (tertiary/aromatic N) is 1. The topological polar surface area (TPSA) is 20.3 Å². The van der Waals surface area contributed by atoms with Crippen LogP contribution in [0.25, 0.3) is 0 Å². The minimum Gasteiger partial charge on any atom is -0.348 e. The van der Waals surface area contributed by atoms with Crippen LogP contribution in [0.4, 0.5) is 0 Å². The van der Waals surface area contributed by atoms with E-state index in [0.717, 1.165) is 17.0 Å². The lowest BCUT2D eigenvalue weighted by Crippen LogP contribution is -2.30. The maximum absolute atomic E-state index is 11.6. The van der Waals surface area contributed by atoms with Crippen molar-refractivity contribution in [3.63, 3.8) is 0 Å². The van der Waals surface area contributed by atoms with Gasteiger partial charge in [-0.05, 0) is 19.4 Å². The molecule has 0 fully saturated rings. The Morgan fingerprint density at radius 2 is 2.23 bits per heavy atom. The van der Waals surface area contributed by atoms with E-state index in [4.69, 9.17) is 11.6 Å². The summed E-state index contributed by atoms with van der Waals surface area (Å²) in [5.41, 5.74) is 1.05. The van der Waals surface area contributed by atoms with Crippen molar-refractivity contribution in [3.8, 4) is 0 Å². The Hall–Kier alpha value is -0.760. The number of amides is 1. The third-order valence-electron chi connectivity index (χ3n) is 2.20. The lowest BCUT2D eigenvalue weighted by atomic mass is 9.91. The van der Waals surface area contributed by atoms with E-state index >= 15 is 0 Å². The summed E-state index contributed by atoms with van der Waals surface area (Å²) >= 11 is 5.82. The number of carbonyl (C=O) groups excluding carboxylic acids is 1. The molecule has 3 heteroatoms. The summed E-state index contributed by atoms with van der Waals surface area (Å²) < 4.78 is 0. The zero-order chi connectivity index (χ0) is 10.0. The first-order valence-corrected chi connectivity index (χ1v) is 4.65. The van der Waals surface area contributed by atoms with Crippen LogP contribution >= 0.6 is 11.6 Å². The number of halogens is 1. The van der Waals surface area contributed by atoms with Crippen LogP contribution in [0.15, 0.2) is 22.8 Å². The maximum Gasteiger partial charge on any atom is 0.229 e. The quantitative estimate of drug-likeness (QED) is 0.634. The Labute approximate surface area is 83.9 Å². The molecule has 13 heavy (non-hydrogen) atoms. The van der Waals surface area contributed by atoms with Crippen molar-refractivity contribution in [1.29, 1.82) is 0 Å². The molecule has 1 unspecified atom stereocenters. The molecule has 1 amide bonds. The van der Waals surface area contributed by atoms with Gasteiger partial charge in [0, 0.05) is 19.1 Å². The van der Waals surface area contributed by atoms with Crippen molar-refractivity contribution in [2.24, 2.45) is 5.92 Å². The number of hydrogen-bond donors (Lipinski definition) is 0. The van der Waals surface area contributed by atoms with Gasteiger partial charge in [-0.25, -0.2) is 0 Å². The summed E-state index contributed by atoms with van der Waals surface area (Å²) in [5, 5.41) is 0.736. The summed E-state index contributed by atoms with van der Waals surface area (Å²) in [6.45, 7) is 1.95. The highest BCUT2D eigenvalue weighted by Gasteiger charge is 2.23. The van der Waals surface area contributed by atoms with E-state index in [2.05, 4.69) is 0 Å². The molecule has 0 aliphatic heterocycles. The predicted octanol–water partition coefficient (Wildman–Crippen LogP) is 2.16. The zero-order valence-corrected chi connectivity index (χ0v) is 8.93. The van der Waals surface area contributed by atoms with E-state index in [-0.39, 0.29) is 11.8 Å². The van der Waals surface area contributed by atoms with Crippen LogP contribution in [0.1, 0.15) is 13.3 Å². The molecule has 1 atom stereocenters. The first-order chi connectivity index (χ1) is 6.02. The molecule has 72 valence electrons. The number of hydrogen-bond acceptors (Lipinski definition) is 1. The molecular weight excluding hydrogens is 186 g/mol. The van der Waals surface area contributed by atoms with Crippen LogP contribution in [0.3, 0.4) is 0 Å². The van der Waals surface area contributed by atoms with Crippen molar-refractivity contribution < 1.29 is 4.79 Å². The fourth-order valence-corrected chi connectivity index (χ4v) is 1.66. The monoisotopic (exact) mass is 199 g/mol. The molecule has 0 N–H and O–H groups in total. The fraction of sp³-hybridized carbons (Fsp3) is 0.500. The Bertz CT molecular complexity index is 279. The Morgan fingerprint density at radius 1 is 1.62 bits per heavy atom. The van der Waals surface area contributed by atoms with Crippen LogP contribution in [0.2, 0.25) is 0 Å². The Morgan fingerprint density at radius 3 is 2.69 bits per heavy atom. The fourth-order valence-electron chi connectivity index (χ4n) is 1.40. The van der Waals surface area contributed by atoms with Crippen LogP contribution in [-0.2, 0) is 4.79 Å². The van der Waals surface area contributed by atoms with Gasteiger partial charge in [-0.1, -0.05) is 23.3 Å². The average Bonchev–Trinajstić information content (AvgIpc) is 2.03. The van der Waals surface area contributed by atoms with Gasteiger partial charge in [0.2, 0.25) is 5.91 Å². The van der Waals surface area contributed by atoms with Crippen molar-refractivity contribution >= 4 is 17.5 Å². The van der Waals surface area contributed by atoms with Crippen LogP contribution in [0.5, 0.6) is 0 Å². The highest BCUT2D eigenvalue weighted by atomic mass is 35.5. The number of carbonyl (C=O) groups is 1. The van der Waals surface area contributed by atoms with Gasteiger partial charge in [0.1, 0.15) is 0 Å². The minimum atomic E-state index is -0.0162. The molecular formula is C10H14ClNO. The SMILES string of the molecule is CC1=CC(Cl)=CCC1C(=O)N(C)C. The van der Waals surface area contributed by atoms with E-state index in [1.165, 1.54) is 0 Å². The molecule has 0 spiro atoms. The van der Waals surface area contributed by atoms with E-state index in [0.29, 0.717) is 0 Å². The average molecular weight is 200 g/mol. The van der Waals surface area contributed by atoms with Crippen molar-refractivity contribution in [2.75, 3.05) is 14.1 Å². The molecule has 2 nitrogen and oxygen atoms in total. The molecule has 0 bridgehead atoms. The molecule has 0 aromatic carbocycles. The van der Waals surface area contributed by atoms with Gasteiger partial charge >= 0.3 is 0 Å². The molecule has 0 radical (unpaired) electrons. The second-order valence-corrected chi connectivity index (χ2v) is 3.93. The predicted molar refractivity (Wildman–Crippen MR) is 54.5 cm³/mol. The second-order valence-electron chi connectivity index (χ2n) is 3.50. The Balaban J connectivity index is 2.77. The minimum absolute atomic E-state index is 0.0162. The van der Waals surface area contributed by atoms with Crippen LogP contribution in [-0.4, -0.2) is 24.9 Å². The van der Waals surface area contributed by atoms with Gasteiger partial charge < -0.3 is 4.90 Å². The summed E-state index contributed by atoms with van der Waals surface area (Å²) in [6.07, 6.45) is 4.47. The van der Waals surface area contributed by atoms with Gasteiger partial charge in [0.05, 0.1) is 5.92 Å². The van der Waals surface area contributed by atoms with E-state index < -0.39 is 0 Å². The van der Waals surface area contributed by atoms with Crippen molar-refractivity contribution in [3.05, 3.63) is 22.8 Å². The van der Waals surface area contributed by atoms with Gasteiger partial charge in [-0.3, -0.25) is 4.79 Å².